The molecule has 5 heterocycles. The molecule has 0 aliphatic carbocycles. The molecular weight excluding hydrogens is 1380 g/mol. The van der Waals surface area contributed by atoms with Gasteiger partial charge in [0.25, 0.3) is 0 Å². The summed E-state index contributed by atoms with van der Waals surface area (Å²) in [6, 6.07) is 1.79. The van der Waals surface area contributed by atoms with Crippen LogP contribution in [0.25, 0.3) is 0 Å². The number of carboxylic acids is 2. The summed E-state index contributed by atoms with van der Waals surface area (Å²) >= 11 is 0. The third kappa shape index (κ3) is 22.8. The number of hydrogen-bond acceptors (Lipinski definition) is 38. The highest BCUT2D eigenvalue weighted by Gasteiger charge is 2.59. The van der Waals surface area contributed by atoms with Gasteiger partial charge in [0.05, 0.1) is 25.9 Å². The molecule has 0 spiro atoms. The van der Waals surface area contributed by atoms with E-state index >= 15 is 0 Å². The van der Waals surface area contributed by atoms with Gasteiger partial charge < -0.3 is 134 Å². The Hall–Kier alpha value is -4.04. The fourth-order valence-corrected chi connectivity index (χ4v) is 14.3. The summed E-state index contributed by atoms with van der Waals surface area (Å²) in [5.41, 5.74) is 0.730. The molecule has 0 saturated carbocycles. The normalized spacial score (nSPS) is 34.7. The number of hydrogen-bond donors (Lipinski definition) is 16. The van der Waals surface area contributed by atoms with E-state index < -0.39 is 228 Å². The molecule has 46 heteroatoms. The van der Waals surface area contributed by atoms with Gasteiger partial charge in [-0.2, -0.15) is 0 Å². The number of aliphatic hydroxyl groups is 10. The quantitative estimate of drug-likeness (QED) is 0.0134. The van der Waals surface area contributed by atoms with Crippen LogP contribution in [0.2, 0.25) is 0 Å². The highest BCUT2D eigenvalue weighted by atomic mass is 33.1. The van der Waals surface area contributed by atoms with Gasteiger partial charge in [-0.25, -0.2) is 34.8 Å². The van der Waals surface area contributed by atoms with E-state index in [0.717, 1.165) is 31.9 Å². The van der Waals surface area contributed by atoms with Crippen LogP contribution in [-0.4, -0.2) is 314 Å². The summed E-state index contributed by atoms with van der Waals surface area (Å²) in [5, 5.41) is 141. The van der Waals surface area contributed by atoms with Gasteiger partial charge >= 0.3 is 11.9 Å². The fourth-order valence-electron chi connectivity index (χ4n) is 10.2. The Morgan fingerprint density at radius 3 is 1.73 bits per heavy atom. The van der Waals surface area contributed by atoms with Gasteiger partial charge in [0.2, 0.25) is 48.9 Å². The molecule has 5 saturated heterocycles. The predicted molar refractivity (Wildman–Crippen MR) is 302 cm³/mol. The number of benzene rings is 1. The van der Waals surface area contributed by atoms with E-state index in [1.54, 1.807) is 18.2 Å². The predicted octanol–water partition coefficient (Wildman–Crippen LogP) is -8.59. The molecule has 94 heavy (non-hydrogen) atoms. The van der Waals surface area contributed by atoms with Crippen molar-refractivity contribution in [2.45, 2.75) is 198 Å². The van der Waals surface area contributed by atoms with E-state index in [4.69, 9.17) is 37.9 Å². The second-order valence-corrected chi connectivity index (χ2v) is 27.6. The van der Waals surface area contributed by atoms with Crippen LogP contribution in [0.3, 0.4) is 0 Å². The minimum absolute atomic E-state index is 0.237. The molecule has 5 aliphatic heterocycles. The number of unbranched alkanes of at least 4 members (excludes halogenated alkanes) is 1. The molecule has 0 radical (unpaired) electrons. The maximum atomic E-state index is 13.1. The van der Waals surface area contributed by atoms with Crippen molar-refractivity contribution in [2.75, 3.05) is 42.8 Å². The van der Waals surface area contributed by atoms with Gasteiger partial charge in [-0.15, -0.1) is 0 Å². The summed E-state index contributed by atoms with van der Waals surface area (Å²) in [6.07, 6.45) is -50.6. The Morgan fingerprint density at radius 2 is 1.16 bits per heavy atom. The lowest BCUT2D eigenvalue weighted by Gasteiger charge is -2.50. The number of aliphatic hydroxyl groups excluding tert-OH is 10. The first-order valence-electron chi connectivity index (χ1n) is 28.1. The molecule has 41 nitrogen and oxygen atoms in total. The third-order valence-electron chi connectivity index (χ3n) is 14.7. The number of amides is 3. The van der Waals surface area contributed by atoms with Crippen LogP contribution in [0.1, 0.15) is 46.0 Å². The first kappa shape index (κ1) is 79.0. The SMILES string of the molecule is CC(=O)N[C@H]1[C@H](O[C@H]2[C@H](O)[C@@H](O)[C@H](O[C@H]3[C@@H](O)[C@@H](COS(=O)(=O)[O-])O[C@@H](OC[C@@H](O)[C@@H](O)[C@H](O)[C@@H](O)CNc4cccc(NC(=O)CCCCC5CCSS5)c4)[C@@H]3NC(C)=O)O[C@@H]2C(=O)O)O[C@H](COS(=O)(=O)[O-])[C@H](OS(=O)(=O)[O-])[C@@H]1O[C@@H]1O[C@H](C(=O)O)[C@@H](O)[C@H](O)[C@H]1O. The van der Waals surface area contributed by atoms with E-state index in [-0.39, 0.29) is 12.3 Å². The smallest absolute Gasteiger partial charge is 0.335 e. The molecule has 5 aliphatic rings. The number of nitrogens with one attached hydrogen (secondary N) is 4. The summed E-state index contributed by atoms with van der Waals surface area (Å²) in [7, 11) is -14.0. The van der Waals surface area contributed by atoms with Gasteiger partial charge in [-0.05, 0) is 37.5 Å². The number of rotatable bonds is 33. The summed E-state index contributed by atoms with van der Waals surface area (Å²) < 4.78 is 164. The second-order valence-electron chi connectivity index (χ2n) is 21.7. The zero-order valence-corrected chi connectivity index (χ0v) is 53.0. The Bertz CT molecular complexity index is 3050. The number of carbonyl (C=O) groups excluding carboxylic acids is 3. The van der Waals surface area contributed by atoms with Gasteiger partial charge in [0, 0.05) is 49.2 Å². The molecule has 25 atom stereocenters. The average molecular weight is 1460 g/mol. The maximum absolute atomic E-state index is 13.1. The minimum atomic E-state index is -6.13. The van der Waals surface area contributed by atoms with Crippen LogP contribution in [0.5, 0.6) is 0 Å². The third-order valence-corrected chi connectivity index (χ3v) is 19.0. The zero-order valence-electron chi connectivity index (χ0n) is 48.9. The molecule has 16 N–H and O–H groups in total. The monoisotopic (exact) mass is 1460 g/mol. The fraction of sp³-hybridized carbons (Fsp3) is 0.771. The van der Waals surface area contributed by atoms with E-state index in [9.17, 15) is 124 Å². The molecule has 538 valence electrons. The molecule has 3 amide bonds. The van der Waals surface area contributed by atoms with Gasteiger partial charge in [0.15, 0.2) is 37.4 Å². The number of carboxylic acid groups (broad SMARTS) is 2. The highest BCUT2D eigenvalue weighted by Crippen LogP contribution is 2.40. The Balaban J connectivity index is 1.21. The Morgan fingerprint density at radius 1 is 0.617 bits per heavy atom. The van der Waals surface area contributed by atoms with Crippen LogP contribution >= 0.6 is 21.6 Å². The van der Waals surface area contributed by atoms with Crippen molar-refractivity contribution in [1.82, 2.24) is 10.6 Å². The van der Waals surface area contributed by atoms with E-state index in [1.807, 2.05) is 26.9 Å². The maximum Gasteiger partial charge on any atom is 0.335 e. The number of anilines is 2. The molecule has 1 unspecified atom stereocenters. The topological polar surface area (TPSA) is 649 Å². The van der Waals surface area contributed by atoms with Gasteiger partial charge in [-0.3, -0.25) is 26.9 Å². The number of carbonyl (C=O) groups is 5. The standard InChI is InChI=1S/C48H74N4O37S5/c1-17(53)50-27-38(31(60)24(15-80-92(70,71)72)82-45(27)79-14-23(56)30(59)29(58)22(55)13-49-19-6-5-7-20(12-19)52-26(57)9-4-3-8-21-10-11-90-91-21)84-48-36(65)34(63)40(42(88-48)44(68)69)86-46-28(51-18(2)54)39(85-47-35(64)32(61)33(62)41(87-47)43(66)67)37(89-94(76,77)78)25(83-46)16-81-93(73,74)75/h5-7,12,21-25,27-42,45-49,55-56,58-65H,3-4,8-11,13-16H2,1-2H3,(H,50,53)(H,51,54)(H,52,57)(H,66,67)(H,68,69)(H,70,71,72)(H,73,74,75)(H,76,77,78)/p-3/t21?,22-,23+,24+,25+,27+,28+,29+,30+,31-,32-,33-,34+,35+,36+,37-,38+,39+,40-,41-,42-,45+,46-,47+,48+/m0/s1. The van der Waals surface area contributed by atoms with Crippen LogP contribution in [-0.2, 0) is 106 Å². The van der Waals surface area contributed by atoms with Crippen molar-refractivity contribution in [3.63, 3.8) is 0 Å². The van der Waals surface area contributed by atoms with Crippen molar-refractivity contribution in [3.8, 4) is 0 Å². The second kappa shape index (κ2) is 34.6. The van der Waals surface area contributed by atoms with Gasteiger partial charge in [0.1, 0.15) is 104 Å². The van der Waals surface area contributed by atoms with E-state index in [0.29, 0.717) is 30.0 Å². The molecule has 5 fully saturated rings. The van der Waals surface area contributed by atoms with Crippen molar-refractivity contribution >= 4 is 93.8 Å². The lowest BCUT2D eigenvalue weighted by atomic mass is 9.94. The lowest BCUT2D eigenvalue weighted by molar-refractivity contribution is -0.368. The summed E-state index contributed by atoms with van der Waals surface area (Å²) in [5.74, 6) is -5.67. The first-order valence-corrected chi connectivity index (χ1v) is 34.5. The number of ether oxygens (including phenoxy) is 8. The van der Waals surface area contributed by atoms with Crippen LogP contribution in [0, 0.1) is 0 Å². The largest absolute Gasteiger partial charge is 0.726 e. The molecule has 1 aromatic rings. The van der Waals surface area contributed by atoms with Crippen LogP contribution < -0.4 is 21.3 Å². The molecule has 0 aromatic heterocycles. The van der Waals surface area contributed by atoms with E-state index in [2.05, 4.69) is 28.5 Å². The minimum Gasteiger partial charge on any atom is -0.726 e. The lowest BCUT2D eigenvalue weighted by Crippen LogP contribution is -2.71. The average Bonchev–Trinajstić information content (AvgIpc) is 0.883. The summed E-state index contributed by atoms with van der Waals surface area (Å²) in [4.78, 5) is 63.3. The Labute approximate surface area is 542 Å². The summed E-state index contributed by atoms with van der Waals surface area (Å²) in [6.45, 7) is -3.27. The van der Waals surface area contributed by atoms with Crippen molar-refractivity contribution in [2.24, 2.45) is 0 Å². The molecule has 6 rings (SSSR count). The molecular formula is C48H71N4O37S5-3. The molecule has 1 aromatic carbocycles. The van der Waals surface area contributed by atoms with Crippen molar-refractivity contribution in [1.29, 1.82) is 0 Å². The number of aliphatic carboxylic acids is 2. The Kier molecular flexibility index (Phi) is 29.1. The zero-order chi connectivity index (χ0) is 69.9. The highest BCUT2D eigenvalue weighted by molar-refractivity contribution is 8.77. The van der Waals surface area contributed by atoms with Crippen LogP contribution in [0.15, 0.2) is 24.3 Å². The van der Waals surface area contributed by atoms with Crippen molar-refractivity contribution in [3.05, 3.63) is 24.3 Å². The van der Waals surface area contributed by atoms with Gasteiger partial charge in [-0.1, -0.05) is 34.1 Å². The van der Waals surface area contributed by atoms with Crippen LogP contribution in [0.4, 0.5) is 11.4 Å². The first-order chi connectivity index (χ1) is 43.8. The van der Waals surface area contributed by atoms with E-state index in [1.165, 1.54) is 6.07 Å². The molecule has 0 bridgehead atoms. The van der Waals surface area contributed by atoms with Crippen molar-refractivity contribution < 1.29 is 175 Å².